The van der Waals surface area contributed by atoms with Gasteiger partial charge in [-0.1, -0.05) is 6.42 Å². The molecular formula is C21H30N2O7. The standard InChI is InChI=1S/C21H30N2O7/c1-27-10-12-29-19-17(23-21(26)20(19)30-13-11-28-2)14-16-9-8-15(22-16)6-4-3-5-7-18(24)25/h8-9,14,22H,3-7,10-13H2,1-2H3,(H,23,26)(H,24,25). The summed E-state index contributed by atoms with van der Waals surface area (Å²) in [6.45, 7) is 1.25. The summed E-state index contributed by atoms with van der Waals surface area (Å²) in [5.41, 5.74) is 2.37. The molecule has 0 spiro atoms. The van der Waals surface area contributed by atoms with Crippen molar-refractivity contribution in [3.05, 3.63) is 40.7 Å². The number of carbonyl (C=O) groups excluding carboxylic acids is 1. The van der Waals surface area contributed by atoms with Gasteiger partial charge in [0.05, 0.1) is 18.9 Å². The number of hydrogen-bond donors (Lipinski definition) is 3. The number of hydrogen-bond acceptors (Lipinski definition) is 6. The predicted octanol–water partition coefficient (Wildman–Crippen LogP) is 2.21. The van der Waals surface area contributed by atoms with E-state index in [9.17, 15) is 9.59 Å². The van der Waals surface area contributed by atoms with Gasteiger partial charge in [0.15, 0.2) is 5.76 Å². The zero-order valence-electron chi connectivity index (χ0n) is 17.5. The molecule has 2 rings (SSSR count). The molecule has 30 heavy (non-hydrogen) atoms. The minimum Gasteiger partial charge on any atom is -0.485 e. The zero-order valence-corrected chi connectivity index (χ0v) is 17.5. The van der Waals surface area contributed by atoms with Gasteiger partial charge in [0.2, 0.25) is 5.76 Å². The van der Waals surface area contributed by atoms with Crippen LogP contribution < -0.4 is 5.32 Å². The topological polar surface area (TPSA) is 119 Å². The van der Waals surface area contributed by atoms with Gasteiger partial charge in [-0.3, -0.25) is 9.59 Å². The van der Waals surface area contributed by atoms with Crippen LogP contribution in [-0.2, 0) is 35.0 Å². The van der Waals surface area contributed by atoms with Crippen LogP contribution in [0.1, 0.15) is 37.1 Å². The van der Waals surface area contributed by atoms with E-state index in [-0.39, 0.29) is 31.3 Å². The lowest BCUT2D eigenvalue weighted by Crippen LogP contribution is -2.18. The van der Waals surface area contributed by atoms with E-state index in [2.05, 4.69) is 10.3 Å². The third-order valence-electron chi connectivity index (χ3n) is 4.38. The van der Waals surface area contributed by atoms with E-state index < -0.39 is 5.97 Å². The molecule has 0 aliphatic carbocycles. The van der Waals surface area contributed by atoms with Gasteiger partial charge in [-0.25, -0.2) is 0 Å². The predicted molar refractivity (Wildman–Crippen MR) is 109 cm³/mol. The maximum absolute atomic E-state index is 12.3. The quantitative estimate of drug-likeness (QED) is 0.371. The smallest absolute Gasteiger partial charge is 0.303 e. The van der Waals surface area contributed by atoms with Crippen molar-refractivity contribution in [1.29, 1.82) is 0 Å². The number of carbonyl (C=O) groups is 2. The van der Waals surface area contributed by atoms with Crippen LogP contribution in [-0.4, -0.2) is 62.6 Å². The second kappa shape index (κ2) is 12.7. The molecule has 0 radical (unpaired) electrons. The highest BCUT2D eigenvalue weighted by Gasteiger charge is 2.31. The third kappa shape index (κ3) is 7.57. The Kier molecular flexibility index (Phi) is 9.96. The molecule has 0 unspecified atom stereocenters. The van der Waals surface area contributed by atoms with Crippen LogP contribution >= 0.6 is 0 Å². The van der Waals surface area contributed by atoms with E-state index in [1.165, 1.54) is 0 Å². The number of methoxy groups -OCH3 is 2. The number of aromatic amines is 1. The molecule has 1 aromatic rings. The van der Waals surface area contributed by atoms with E-state index >= 15 is 0 Å². The zero-order chi connectivity index (χ0) is 21.8. The number of amides is 1. The highest BCUT2D eigenvalue weighted by atomic mass is 16.6. The number of aliphatic carboxylic acids is 1. The Morgan fingerprint density at radius 3 is 2.37 bits per heavy atom. The SMILES string of the molecule is COCCOC1=C(OCCOC)C(=Cc2ccc(CCCCCC(=O)O)[nH]2)NC1=O. The summed E-state index contributed by atoms with van der Waals surface area (Å²) in [6.07, 6.45) is 5.27. The Balaban J connectivity index is 2.03. The van der Waals surface area contributed by atoms with Crippen molar-refractivity contribution >= 4 is 18.0 Å². The normalized spacial score (nSPS) is 15.0. The summed E-state index contributed by atoms with van der Waals surface area (Å²) in [7, 11) is 3.13. The van der Waals surface area contributed by atoms with Crippen molar-refractivity contribution in [3.8, 4) is 0 Å². The number of aryl methyl sites for hydroxylation is 1. The number of nitrogens with one attached hydrogen (secondary N) is 2. The van der Waals surface area contributed by atoms with Crippen LogP contribution in [0.5, 0.6) is 0 Å². The van der Waals surface area contributed by atoms with E-state index in [0.717, 1.165) is 30.7 Å². The van der Waals surface area contributed by atoms with Crippen LogP contribution in [0.3, 0.4) is 0 Å². The average molecular weight is 422 g/mol. The van der Waals surface area contributed by atoms with Crippen LogP contribution in [0.4, 0.5) is 0 Å². The molecule has 9 heteroatoms. The Morgan fingerprint density at radius 1 is 1.00 bits per heavy atom. The summed E-state index contributed by atoms with van der Waals surface area (Å²) in [5, 5.41) is 11.5. The fourth-order valence-corrected chi connectivity index (χ4v) is 2.90. The number of unbranched alkanes of at least 4 members (excludes halogenated alkanes) is 2. The van der Waals surface area contributed by atoms with Gasteiger partial charge in [0.1, 0.15) is 13.2 Å². The molecule has 1 aliphatic rings. The lowest BCUT2D eigenvalue weighted by molar-refractivity contribution is -0.137. The van der Waals surface area contributed by atoms with Crippen molar-refractivity contribution < 1.29 is 33.6 Å². The summed E-state index contributed by atoms with van der Waals surface area (Å²) in [4.78, 5) is 26.2. The number of ether oxygens (including phenoxy) is 4. The molecule has 1 aromatic heterocycles. The van der Waals surface area contributed by atoms with Crippen LogP contribution in [0.15, 0.2) is 29.3 Å². The summed E-state index contributed by atoms with van der Waals surface area (Å²) in [6, 6.07) is 3.90. The van der Waals surface area contributed by atoms with Crippen LogP contribution in [0.25, 0.3) is 6.08 Å². The number of carboxylic acids is 1. The molecule has 1 amide bonds. The monoisotopic (exact) mass is 422 g/mol. The van der Waals surface area contributed by atoms with E-state index in [0.29, 0.717) is 31.1 Å². The van der Waals surface area contributed by atoms with E-state index in [1.807, 2.05) is 12.1 Å². The average Bonchev–Trinajstić information content (AvgIpc) is 3.27. The second-order valence-electron chi connectivity index (χ2n) is 6.75. The van der Waals surface area contributed by atoms with Gasteiger partial charge in [0.25, 0.3) is 5.91 Å². The first kappa shape index (κ1) is 23.5. The van der Waals surface area contributed by atoms with Crippen molar-refractivity contribution in [2.75, 3.05) is 40.6 Å². The first-order valence-corrected chi connectivity index (χ1v) is 9.96. The number of aromatic nitrogens is 1. The van der Waals surface area contributed by atoms with Crippen molar-refractivity contribution in [1.82, 2.24) is 10.3 Å². The molecule has 0 fully saturated rings. The largest absolute Gasteiger partial charge is 0.485 e. The second-order valence-corrected chi connectivity index (χ2v) is 6.75. The van der Waals surface area contributed by atoms with Crippen molar-refractivity contribution in [2.45, 2.75) is 32.1 Å². The fourth-order valence-electron chi connectivity index (χ4n) is 2.90. The molecule has 1 aliphatic heterocycles. The van der Waals surface area contributed by atoms with Gasteiger partial charge in [-0.05, 0) is 37.5 Å². The first-order valence-electron chi connectivity index (χ1n) is 9.96. The number of rotatable bonds is 15. The molecular weight excluding hydrogens is 392 g/mol. The minimum atomic E-state index is -0.760. The first-order chi connectivity index (χ1) is 14.5. The van der Waals surface area contributed by atoms with Gasteiger partial charge in [-0.15, -0.1) is 0 Å². The maximum Gasteiger partial charge on any atom is 0.303 e. The van der Waals surface area contributed by atoms with E-state index in [1.54, 1.807) is 20.3 Å². The van der Waals surface area contributed by atoms with Crippen LogP contribution in [0, 0.1) is 0 Å². The summed E-state index contributed by atoms with van der Waals surface area (Å²) < 4.78 is 21.3. The molecule has 9 nitrogen and oxygen atoms in total. The van der Waals surface area contributed by atoms with Crippen LogP contribution in [0.2, 0.25) is 0 Å². The van der Waals surface area contributed by atoms with Crippen molar-refractivity contribution in [2.24, 2.45) is 0 Å². The molecule has 3 N–H and O–H groups in total. The highest BCUT2D eigenvalue weighted by molar-refractivity contribution is 5.99. The maximum atomic E-state index is 12.3. The highest BCUT2D eigenvalue weighted by Crippen LogP contribution is 2.25. The Bertz CT molecular complexity index is 767. The fraction of sp³-hybridized carbons (Fsp3) is 0.524. The Morgan fingerprint density at radius 2 is 1.70 bits per heavy atom. The lowest BCUT2D eigenvalue weighted by Gasteiger charge is -2.10. The molecule has 0 atom stereocenters. The van der Waals surface area contributed by atoms with Crippen molar-refractivity contribution in [3.63, 3.8) is 0 Å². The summed E-state index contributed by atoms with van der Waals surface area (Å²) >= 11 is 0. The Hall–Kier alpha value is -2.78. The molecule has 0 saturated heterocycles. The van der Waals surface area contributed by atoms with Gasteiger partial charge in [0, 0.05) is 32.0 Å². The molecule has 0 bridgehead atoms. The lowest BCUT2D eigenvalue weighted by atomic mass is 10.1. The van der Waals surface area contributed by atoms with Gasteiger partial charge >= 0.3 is 5.97 Å². The van der Waals surface area contributed by atoms with Gasteiger partial charge in [-0.2, -0.15) is 0 Å². The summed E-state index contributed by atoms with van der Waals surface area (Å²) in [5.74, 6) is -0.655. The minimum absolute atomic E-state index is 0.125. The molecule has 0 saturated carbocycles. The number of carboxylic acid groups (broad SMARTS) is 1. The Labute approximate surface area is 176 Å². The van der Waals surface area contributed by atoms with Gasteiger partial charge < -0.3 is 34.4 Å². The third-order valence-corrected chi connectivity index (χ3v) is 4.38. The molecule has 166 valence electrons. The molecule has 2 heterocycles. The number of H-pyrrole nitrogens is 1. The molecule has 0 aromatic carbocycles. The van der Waals surface area contributed by atoms with E-state index in [4.69, 9.17) is 24.1 Å².